The molecule has 0 unspecified atom stereocenters. The molecule has 0 saturated heterocycles. The Bertz CT molecular complexity index is 134. The molecular formula is C9H19NO2. The van der Waals surface area contributed by atoms with Gasteiger partial charge in [-0.15, -0.1) is 0 Å². The number of aliphatic hydroxyl groups is 1. The second kappa shape index (κ2) is 6.14. The number of nitrogens with zero attached hydrogens (tertiary/aromatic N) is 1. The lowest BCUT2D eigenvalue weighted by molar-refractivity contribution is -0.117. The van der Waals surface area contributed by atoms with Crippen LogP contribution in [0.3, 0.4) is 0 Å². The number of carbonyl (C=O) groups excluding carboxylic acids is 1. The fraction of sp³-hybridized carbons (Fsp3) is 0.889. The molecule has 3 heteroatoms. The molecule has 0 aliphatic heterocycles. The van der Waals surface area contributed by atoms with Crippen LogP contribution in [0, 0.1) is 0 Å². The van der Waals surface area contributed by atoms with E-state index in [9.17, 15) is 4.79 Å². The van der Waals surface area contributed by atoms with E-state index in [2.05, 4.69) is 18.7 Å². The third-order valence-electron chi connectivity index (χ3n) is 1.87. The summed E-state index contributed by atoms with van der Waals surface area (Å²) in [5.41, 5.74) is 0. The Morgan fingerprint density at radius 2 is 2.00 bits per heavy atom. The van der Waals surface area contributed by atoms with Crippen molar-refractivity contribution in [2.45, 2.75) is 33.2 Å². The zero-order chi connectivity index (χ0) is 9.56. The maximum Gasteiger partial charge on any atom is 0.131 e. The van der Waals surface area contributed by atoms with Crippen LogP contribution in [0.25, 0.3) is 0 Å². The van der Waals surface area contributed by atoms with Crippen LogP contribution in [0.2, 0.25) is 0 Å². The maximum atomic E-state index is 10.7. The molecule has 0 aliphatic rings. The van der Waals surface area contributed by atoms with E-state index in [1.165, 1.54) is 0 Å². The number of hydrogen-bond acceptors (Lipinski definition) is 3. The predicted octanol–water partition coefficient (Wildman–Crippen LogP) is 0.668. The number of Topliss-reactive ketones (excluding diaryl/α,β-unsaturated/α-hetero) is 1. The van der Waals surface area contributed by atoms with E-state index in [1.54, 1.807) is 6.92 Å². The van der Waals surface area contributed by atoms with Crippen LogP contribution in [0.15, 0.2) is 0 Å². The monoisotopic (exact) mass is 173 g/mol. The Balaban J connectivity index is 3.70. The van der Waals surface area contributed by atoms with E-state index >= 15 is 0 Å². The highest BCUT2D eigenvalue weighted by atomic mass is 16.3. The molecule has 0 heterocycles. The van der Waals surface area contributed by atoms with Crippen molar-refractivity contribution in [1.82, 2.24) is 4.90 Å². The van der Waals surface area contributed by atoms with Gasteiger partial charge in [-0.25, -0.2) is 0 Å². The summed E-state index contributed by atoms with van der Waals surface area (Å²) in [4.78, 5) is 12.8. The highest BCUT2D eigenvalue weighted by Crippen LogP contribution is 1.98. The molecule has 0 radical (unpaired) electrons. The molecule has 3 nitrogen and oxygen atoms in total. The topological polar surface area (TPSA) is 40.5 Å². The lowest BCUT2D eigenvalue weighted by atomic mass is 10.2. The zero-order valence-corrected chi connectivity index (χ0v) is 8.21. The Hall–Kier alpha value is -0.410. The van der Waals surface area contributed by atoms with Crippen molar-refractivity contribution in [2.75, 3.05) is 19.7 Å². The van der Waals surface area contributed by atoms with Gasteiger partial charge >= 0.3 is 0 Å². The average molecular weight is 173 g/mol. The molecule has 12 heavy (non-hydrogen) atoms. The third-order valence-corrected chi connectivity index (χ3v) is 1.87. The van der Waals surface area contributed by atoms with E-state index in [4.69, 9.17) is 5.11 Å². The summed E-state index contributed by atoms with van der Waals surface area (Å²) in [7, 11) is 0. The first-order chi connectivity index (χ1) is 5.57. The minimum absolute atomic E-state index is 0.163. The van der Waals surface area contributed by atoms with Crippen molar-refractivity contribution in [3.63, 3.8) is 0 Å². The van der Waals surface area contributed by atoms with Crippen LogP contribution in [-0.2, 0) is 4.79 Å². The summed E-state index contributed by atoms with van der Waals surface area (Å²) in [5.74, 6) is 0.207. The summed E-state index contributed by atoms with van der Waals surface area (Å²) in [6.45, 7) is 7.30. The van der Waals surface area contributed by atoms with Crippen LogP contribution in [0.1, 0.15) is 27.2 Å². The second-order valence-corrected chi connectivity index (χ2v) is 3.31. The number of hydrogen-bond donors (Lipinski definition) is 1. The van der Waals surface area contributed by atoms with Gasteiger partial charge in [-0.3, -0.25) is 9.69 Å². The smallest absolute Gasteiger partial charge is 0.131 e. The molecule has 0 aromatic carbocycles. The highest BCUT2D eigenvalue weighted by Gasteiger charge is 2.08. The summed E-state index contributed by atoms with van der Waals surface area (Å²) >= 11 is 0. The van der Waals surface area contributed by atoms with Gasteiger partial charge in [0.1, 0.15) is 5.78 Å². The molecule has 0 amide bonds. The number of rotatable bonds is 6. The van der Waals surface area contributed by atoms with Crippen LogP contribution in [0.4, 0.5) is 0 Å². The van der Waals surface area contributed by atoms with Gasteiger partial charge < -0.3 is 5.11 Å². The summed E-state index contributed by atoms with van der Waals surface area (Å²) < 4.78 is 0. The van der Waals surface area contributed by atoms with Gasteiger partial charge in [0.2, 0.25) is 0 Å². The second-order valence-electron chi connectivity index (χ2n) is 3.31. The fourth-order valence-electron chi connectivity index (χ4n) is 1.06. The highest BCUT2D eigenvalue weighted by molar-refractivity contribution is 5.75. The largest absolute Gasteiger partial charge is 0.395 e. The Morgan fingerprint density at radius 1 is 1.42 bits per heavy atom. The van der Waals surface area contributed by atoms with Gasteiger partial charge in [0.15, 0.2) is 0 Å². The molecule has 0 atom stereocenters. The minimum Gasteiger partial charge on any atom is -0.395 e. The molecule has 72 valence electrons. The standard InChI is InChI=1S/C9H19NO2/c1-8(2)10(6-7-11)5-4-9(3)12/h8,11H,4-7H2,1-3H3. The van der Waals surface area contributed by atoms with E-state index in [0.29, 0.717) is 19.0 Å². The molecule has 1 N–H and O–H groups in total. The minimum atomic E-state index is 0.163. The Labute approximate surface area is 74.4 Å². The van der Waals surface area contributed by atoms with Crippen LogP contribution in [0.5, 0.6) is 0 Å². The molecule has 0 spiro atoms. The van der Waals surface area contributed by atoms with Gasteiger partial charge in [0.05, 0.1) is 6.61 Å². The van der Waals surface area contributed by atoms with E-state index in [-0.39, 0.29) is 12.4 Å². The maximum absolute atomic E-state index is 10.7. The van der Waals surface area contributed by atoms with Crippen molar-refractivity contribution in [1.29, 1.82) is 0 Å². The van der Waals surface area contributed by atoms with Crippen molar-refractivity contribution >= 4 is 5.78 Å². The van der Waals surface area contributed by atoms with E-state index < -0.39 is 0 Å². The van der Waals surface area contributed by atoms with E-state index in [0.717, 1.165) is 6.54 Å². The summed E-state index contributed by atoms with van der Waals surface area (Å²) in [5, 5.41) is 8.72. The summed E-state index contributed by atoms with van der Waals surface area (Å²) in [6.07, 6.45) is 0.582. The third kappa shape index (κ3) is 5.27. The molecule has 0 rings (SSSR count). The zero-order valence-electron chi connectivity index (χ0n) is 8.21. The van der Waals surface area contributed by atoms with E-state index in [1.807, 2.05) is 0 Å². The van der Waals surface area contributed by atoms with Gasteiger partial charge in [-0.05, 0) is 20.8 Å². The van der Waals surface area contributed by atoms with Crippen molar-refractivity contribution in [2.24, 2.45) is 0 Å². The average Bonchev–Trinajstić information content (AvgIpc) is 1.96. The molecular weight excluding hydrogens is 154 g/mol. The number of aliphatic hydroxyl groups excluding tert-OH is 1. The van der Waals surface area contributed by atoms with Crippen molar-refractivity contribution in [3.05, 3.63) is 0 Å². The fourth-order valence-corrected chi connectivity index (χ4v) is 1.06. The first-order valence-corrected chi connectivity index (χ1v) is 4.42. The van der Waals surface area contributed by atoms with Gasteiger partial charge in [-0.1, -0.05) is 0 Å². The van der Waals surface area contributed by atoms with Crippen LogP contribution in [-0.4, -0.2) is 41.5 Å². The number of carbonyl (C=O) groups is 1. The van der Waals surface area contributed by atoms with Crippen LogP contribution < -0.4 is 0 Å². The lowest BCUT2D eigenvalue weighted by Crippen LogP contribution is -2.35. The molecule has 0 bridgehead atoms. The lowest BCUT2D eigenvalue weighted by Gasteiger charge is -2.24. The Morgan fingerprint density at radius 3 is 2.33 bits per heavy atom. The van der Waals surface area contributed by atoms with Gasteiger partial charge in [0.25, 0.3) is 0 Å². The number of ketones is 1. The SMILES string of the molecule is CC(=O)CCN(CCO)C(C)C. The molecule has 0 aromatic heterocycles. The van der Waals surface area contributed by atoms with Crippen molar-refractivity contribution in [3.8, 4) is 0 Å². The quantitative estimate of drug-likeness (QED) is 0.641. The molecule has 0 aromatic rings. The van der Waals surface area contributed by atoms with Gasteiger partial charge in [0, 0.05) is 25.6 Å². The summed E-state index contributed by atoms with van der Waals surface area (Å²) in [6, 6.07) is 0.400. The Kier molecular flexibility index (Phi) is 5.93. The first kappa shape index (κ1) is 11.6. The van der Waals surface area contributed by atoms with Gasteiger partial charge in [-0.2, -0.15) is 0 Å². The first-order valence-electron chi connectivity index (χ1n) is 4.42. The molecule has 0 saturated carbocycles. The molecule has 0 fully saturated rings. The normalized spacial score (nSPS) is 11.2. The predicted molar refractivity (Wildman–Crippen MR) is 49.1 cm³/mol. The van der Waals surface area contributed by atoms with Crippen molar-refractivity contribution < 1.29 is 9.90 Å². The van der Waals surface area contributed by atoms with Crippen LogP contribution >= 0.6 is 0 Å². The molecule has 0 aliphatic carbocycles.